The maximum absolute atomic E-state index is 12.3. The van der Waals surface area contributed by atoms with Crippen LogP contribution in [0.4, 0.5) is 0 Å². The Hall–Kier alpha value is -2.52. The Labute approximate surface area is 216 Å². The van der Waals surface area contributed by atoms with Crippen molar-refractivity contribution in [2.24, 2.45) is 18.9 Å². The van der Waals surface area contributed by atoms with Gasteiger partial charge in [0, 0.05) is 54.9 Å². The van der Waals surface area contributed by atoms with Crippen LogP contribution < -0.4 is 5.56 Å². The lowest BCUT2D eigenvalue weighted by Gasteiger charge is -2.22. The van der Waals surface area contributed by atoms with Gasteiger partial charge >= 0.3 is 5.97 Å². The van der Waals surface area contributed by atoms with E-state index in [1.807, 2.05) is 25.1 Å². The second kappa shape index (κ2) is 9.85. The van der Waals surface area contributed by atoms with Crippen molar-refractivity contribution in [2.45, 2.75) is 25.9 Å². The van der Waals surface area contributed by atoms with E-state index < -0.39 is 22.8 Å². The standard InChI is InChI=1S/C25H30N4O4.2ClH/c1-5-16-21(26-24(31)20(23(16)30)25(32)33)13-6-7-19-14(8-13)9-15(28(19)4)10-29-11-17-18(12-29)22(17)27(2)3;;/h6-9,17-18,22H,5,10-12H2,1-4H3,(H,32,33)(H2,26,30,31);2*1H/t17-,18+,22?;;. The van der Waals surface area contributed by atoms with E-state index in [0.717, 1.165) is 54.0 Å². The van der Waals surface area contributed by atoms with Crippen LogP contribution in [0.3, 0.4) is 0 Å². The average molecular weight is 523 g/mol. The van der Waals surface area contributed by atoms with E-state index >= 15 is 0 Å². The summed E-state index contributed by atoms with van der Waals surface area (Å²) < 4.78 is 2.21. The summed E-state index contributed by atoms with van der Waals surface area (Å²) in [5.74, 6) is -0.324. The van der Waals surface area contributed by atoms with Gasteiger partial charge in [0.25, 0.3) is 5.56 Å². The number of H-pyrrole nitrogens is 1. The first kappa shape index (κ1) is 27.1. The molecule has 10 heteroatoms. The van der Waals surface area contributed by atoms with E-state index in [-0.39, 0.29) is 24.8 Å². The average Bonchev–Trinajstić information content (AvgIpc) is 3.11. The fourth-order valence-corrected chi connectivity index (χ4v) is 5.84. The second-order valence-corrected chi connectivity index (χ2v) is 9.63. The molecule has 2 fully saturated rings. The van der Waals surface area contributed by atoms with Crippen molar-refractivity contribution >= 4 is 41.7 Å². The number of fused-ring (bicyclic) bond motifs is 2. The number of aromatic carboxylic acids is 1. The van der Waals surface area contributed by atoms with Gasteiger partial charge in [-0.15, -0.1) is 24.8 Å². The number of hydrogen-bond acceptors (Lipinski definition) is 5. The number of aryl methyl sites for hydroxylation is 1. The molecule has 2 aliphatic rings. The van der Waals surface area contributed by atoms with Crippen LogP contribution in [0.25, 0.3) is 22.2 Å². The van der Waals surface area contributed by atoms with Crippen molar-refractivity contribution in [3.63, 3.8) is 0 Å². The van der Waals surface area contributed by atoms with Crippen molar-refractivity contribution in [3.05, 3.63) is 51.4 Å². The van der Waals surface area contributed by atoms with Gasteiger partial charge in [-0.3, -0.25) is 9.69 Å². The number of piperidine rings is 1. The molecular weight excluding hydrogens is 491 g/mol. The molecule has 2 aromatic heterocycles. The van der Waals surface area contributed by atoms with Gasteiger partial charge in [-0.25, -0.2) is 4.79 Å². The third-order valence-electron chi connectivity index (χ3n) is 7.49. The number of carboxylic acid groups (broad SMARTS) is 1. The maximum Gasteiger partial charge on any atom is 0.345 e. The van der Waals surface area contributed by atoms with Crippen LogP contribution >= 0.6 is 24.8 Å². The smallest absolute Gasteiger partial charge is 0.345 e. The zero-order chi connectivity index (χ0) is 23.6. The van der Waals surface area contributed by atoms with Crippen LogP contribution in [0.1, 0.15) is 28.5 Å². The number of benzene rings is 1. The van der Waals surface area contributed by atoms with Crippen LogP contribution in [0.15, 0.2) is 29.1 Å². The normalized spacial score (nSPS) is 21.0. The topological polar surface area (TPSA) is 102 Å². The molecular formula is C25H32Cl2N4O4. The van der Waals surface area contributed by atoms with Crippen LogP contribution in [-0.4, -0.2) is 68.8 Å². The van der Waals surface area contributed by atoms with Crippen LogP contribution in [-0.2, 0) is 20.0 Å². The predicted molar refractivity (Wildman–Crippen MR) is 141 cm³/mol. The highest BCUT2D eigenvalue weighted by molar-refractivity contribution is 5.92. The molecule has 1 aliphatic heterocycles. The first-order valence-corrected chi connectivity index (χ1v) is 11.4. The first-order chi connectivity index (χ1) is 15.7. The summed E-state index contributed by atoms with van der Waals surface area (Å²) in [6, 6.07) is 8.82. The van der Waals surface area contributed by atoms with Crippen molar-refractivity contribution < 1.29 is 15.0 Å². The Bertz CT molecular complexity index is 1320. The number of rotatable bonds is 6. The largest absolute Gasteiger partial charge is 0.506 e. The number of aromatic hydroxyl groups is 1. The molecule has 1 aliphatic carbocycles. The fourth-order valence-electron chi connectivity index (χ4n) is 5.84. The van der Waals surface area contributed by atoms with E-state index in [2.05, 4.69) is 46.6 Å². The SMILES string of the molecule is CCc1c(-c2ccc3c(c2)cc(CN2C[C@@H]4C(N(C)C)[C@@H]4C2)n3C)[nH]c(=O)c(C(=O)O)c1O.Cl.Cl. The lowest BCUT2D eigenvalue weighted by molar-refractivity contribution is 0.0691. The highest BCUT2D eigenvalue weighted by Crippen LogP contribution is 2.48. The van der Waals surface area contributed by atoms with Gasteiger partial charge in [0.15, 0.2) is 5.56 Å². The molecule has 35 heavy (non-hydrogen) atoms. The van der Waals surface area contributed by atoms with Crippen molar-refractivity contribution in [1.82, 2.24) is 19.4 Å². The molecule has 3 heterocycles. The summed E-state index contributed by atoms with van der Waals surface area (Å²) in [7, 11) is 6.41. The summed E-state index contributed by atoms with van der Waals surface area (Å²) >= 11 is 0. The van der Waals surface area contributed by atoms with Crippen LogP contribution in [0, 0.1) is 11.8 Å². The van der Waals surface area contributed by atoms with Gasteiger partial charge < -0.3 is 24.7 Å². The molecule has 190 valence electrons. The molecule has 0 bridgehead atoms. The van der Waals surface area contributed by atoms with Crippen molar-refractivity contribution in [1.29, 1.82) is 0 Å². The number of nitrogens with zero attached hydrogens (tertiary/aromatic N) is 3. The number of likely N-dealkylation sites (tertiary alicyclic amines) is 1. The minimum atomic E-state index is -1.44. The molecule has 1 aromatic carbocycles. The first-order valence-electron chi connectivity index (χ1n) is 11.4. The minimum Gasteiger partial charge on any atom is -0.506 e. The molecule has 1 saturated heterocycles. The number of aromatic amines is 1. The molecule has 3 aromatic rings. The van der Waals surface area contributed by atoms with Gasteiger partial charge in [-0.05, 0) is 56.1 Å². The molecule has 1 unspecified atom stereocenters. The Morgan fingerprint density at radius 2 is 1.83 bits per heavy atom. The van der Waals surface area contributed by atoms with Gasteiger partial charge in [0.05, 0.1) is 5.69 Å². The summed E-state index contributed by atoms with van der Waals surface area (Å²) in [6.45, 7) is 5.00. The highest BCUT2D eigenvalue weighted by atomic mass is 35.5. The Balaban J connectivity index is 0.00000171. The van der Waals surface area contributed by atoms with Gasteiger partial charge in [0.2, 0.25) is 0 Å². The van der Waals surface area contributed by atoms with Crippen LogP contribution in [0.5, 0.6) is 5.75 Å². The molecule has 3 atom stereocenters. The second-order valence-electron chi connectivity index (χ2n) is 9.63. The summed E-state index contributed by atoms with van der Waals surface area (Å²) in [4.78, 5) is 31.3. The van der Waals surface area contributed by atoms with E-state index in [9.17, 15) is 19.8 Å². The Morgan fingerprint density at radius 3 is 2.40 bits per heavy atom. The number of halogens is 2. The molecule has 3 N–H and O–H groups in total. The summed E-state index contributed by atoms with van der Waals surface area (Å²) in [6.07, 6.45) is 0.390. The zero-order valence-corrected chi connectivity index (χ0v) is 21.9. The van der Waals surface area contributed by atoms with E-state index in [1.165, 1.54) is 5.69 Å². The van der Waals surface area contributed by atoms with Gasteiger partial charge in [-0.1, -0.05) is 13.0 Å². The van der Waals surface area contributed by atoms with Crippen molar-refractivity contribution in [2.75, 3.05) is 27.2 Å². The minimum absolute atomic E-state index is 0. The maximum atomic E-state index is 12.3. The van der Waals surface area contributed by atoms with Gasteiger partial charge in [-0.2, -0.15) is 0 Å². The number of hydrogen-bond donors (Lipinski definition) is 3. The monoisotopic (exact) mass is 522 g/mol. The number of aromatic nitrogens is 2. The highest BCUT2D eigenvalue weighted by Gasteiger charge is 2.56. The number of nitrogens with one attached hydrogen (secondary N) is 1. The summed E-state index contributed by atoms with van der Waals surface area (Å²) in [5.41, 5.74) is 2.55. The Kier molecular flexibility index (Phi) is 7.62. The van der Waals surface area contributed by atoms with Crippen LogP contribution in [0.2, 0.25) is 0 Å². The molecule has 0 spiro atoms. The summed E-state index contributed by atoms with van der Waals surface area (Å²) in [5, 5.41) is 20.8. The number of carboxylic acids is 1. The predicted octanol–water partition coefficient (Wildman–Crippen LogP) is 3.34. The fraction of sp³-hybridized carbons (Fsp3) is 0.440. The molecule has 0 amide bonds. The molecule has 8 nitrogen and oxygen atoms in total. The number of pyridine rings is 1. The third kappa shape index (κ3) is 4.44. The van der Waals surface area contributed by atoms with E-state index in [1.54, 1.807) is 0 Å². The van der Waals surface area contributed by atoms with Crippen molar-refractivity contribution in [3.8, 4) is 17.0 Å². The van der Waals surface area contributed by atoms with Gasteiger partial charge in [0.1, 0.15) is 5.75 Å². The quantitative estimate of drug-likeness (QED) is 0.458. The van der Waals surface area contributed by atoms with E-state index in [0.29, 0.717) is 17.7 Å². The lowest BCUT2D eigenvalue weighted by atomic mass is 9.99. The lowest BCUT2D eigenvalue weighted by Crippen LogP contribution is -2.30. The Morgan fingerprint density at radius 1 is 1.17 bits per heavy atom. The van der Waals surface area contributed by atoms with E-state index in [4.69, 9.17) is 0 Å². The third-order valence-corrected chi connectivity index (χ3v) is 7.49. The molecule has 5 rings (SSSR count). The number of carbonyl (C=O) groups is 1. The molecule has 1 saturated carbocycles. The molecule has 0 radical (unpaired) electrons. The zero-order valence-electron chi connectivity index (χ0n) is 20.2.